The number of amides is 1. The zero-order valence-corrected chi connectivity index (χ0v) is 26.9. The first-order valence-electron chi connectivity index (χ1n) is 13.4. The maximum Gasteiger partial charge on any atom is 0.266 e. The molecule has 0 saturated carbocycles. The number of carbonyl (C=O) groups is 1. The van der Waals surface area contributed by atoms with Crippen molar-refractivity contribution in [2.45, 2.75) is 34.0 Å². The first-order chi connectivity index (χ1) is 20.7. The van der Waals surface area contributed by atoms with Crippen molar-refractivity contribution in [1.82, 2.24) is 0 Å². The Kier molecular flexibility index (Phi) is 11.1. The molecule has 0 aliphatic rings. The summed E-state index contributed by atoms with van der Waals surface area (Å²) in [5, 5.41) is 13.6. The predicted octanol–water partition coefficient (Wildman–Crippen LogP) is 9.48. The Labute approximate surface area is 269 Å². The Morgan fingerprint density at radius 3 is 2.37 bits per heavy atom. The molecule has 0 atom stereocenters. The summed E-state index contributed by atoms with van der Waals surface area (Å²) < 4.78 is 18.4. The van der Waals surface area contributed by atoms with E-state index in [2.05, 4.69) is 47.2 Å². The fourth-order valence-electron chi connectivity index (χ4n) is 4.07. The van der Waals surface area contributed by atoms with Gasteiger partial charge in [-0.1, -0.05) is 47.5 Å². The molecule has 0 bridgehead atoms. The molecule has 0 aliphatic heterocycles. The average molecular weight is 680 g/mol. The Morgan fingerprint density at radius 1 is 0.930 bits per heavy atom. The van der Waals surface area contributed by atoms with Gasteiger partial charge in [0, 0.05) is 21.3 Å². The van der Waals surface area contributed by atoms with Crippen LogP contribution in [0.25, 0.3) is 6.08 Å². The summed E-state index contributed by atoms with van der Waals surface area (Å²) in [4.78, 5) is 13.0. The monoisotopic (exact) mass is 678 g/mol. The number of hydrogen-bond donors (Lipinski definition) is 1. The minimum atomic E-state index is -0.548. The van der Waals surface area contributed by atoms with E-state index in [0.717, 1.165) is 11.1 Å². The van der Waals surface area contributed by atoms with Gasteiger partial charge in [-0.2, -0.15) is 5.26 Å². The lowest BCUT2D eigenvalue weighted by Crippen LogP contribution is -2.13. The molecule has 1 amide bonds. The molecule has 9 heteroatoms. The van der Waals surface area contributed by atoms with Crippen molar-refractivity contribution >= 4 is 56.8 Å². The lowest BCUT2D eigenvalue weighted by Gasteiger charge is -2.15. The first-order valence-corrected chi connectivity index (χ1v) is 15.0. The van der Waals surface area contributed by atoms with Crippen LogP contribution in [-0.2, 0) is 18.0 Å². The smallest absolute Gasteiger partial charge is 0.266 e. The molecule has 4 aromatic carbocycles. The van der Waals surface area contributed by atoms with Gasteiger partial charge in [-0.15, -0.1) is 0 Å². The fourth-order valence-corrected chi connectivity index (χ4v) is 5.11. The summed E-state index contributed by atoms with van der Waals surface area (Å²) in [7, 11) is 0. The number of nitrogens with one attached hydrogen (secondary N) is 1. The molecule has 6 nitrogen and oxygen atoms in total. The minimum Gasteiger partial charge on any atom is -0.490 e. The van der Waals surface area contributed by atoms with E-state index in [1.54, 1.807) is 54.6 Å². The van der Waals surface area contributed by atoms with E-state index in [1.165, 1.54) is 17.2 Å². The van der Waals surface area contributed by atoms with Crippen LogP contribution in [0.3, 0.4) is 0 Å². The molecule has 220 valence electrons. The van der Waals surface area contributed by atoms with Crippen molar-refractivity contribution in [2.75, 3.05) is 11.9 Å². The van der Waals surface area contributed by atoms with Gasteiger partial charge in [-0.05, 0) is 114 Å². The summed E-state index contributed by atoms with van der Waals surface area (Å²) in [6.45, 7) is 7.05. The zero-order valence-electron chi connectivity index (χ0n) is 23.8. The van der Waals surface area contributed by atoms with Crippen molar-refractivity contribution in [3.63, 3.8) is 0 Å². The zero-order chi connectivity index (χ0) is 30.9. The second-order valence-electron chi connectivity index (χ2n) is 9.64. The number of halogens is 3. The topological polar surface area (TPSA) is 80.6 Å². The van der Waals surface area contributed by atoms with Gasteiger partial charge in [-0.3, -0.25) is 4.79 Å². The van der Waals surface area contributed by atoms with E-state index in [-0.39, 0.29) is 12.2 Å². The van der Waals surface area contributed by atoms with Crippen LogP contribution in [0.4, 0.5) is 5.69 Å². The van der Waals surface area contributed by atoms with Crippen LogP contribution in [-0.4, -0.2) is 12.5 Å². The molecule has 0 heterocycles. The van der Waals surface area contributed by atoms with E-state index >= 15 is 0 Å². The van der Waals surface area contributed by atoms with E-state index < -0.39 is 5.91 Å². The van der Waals surface area contributed by atoms with Crippen LogP contribution >= 0.6 is 39.1 Å². The van der Waals surface area contributed by atoms with E-state index in [4.69, 9.17) is 37.4 Å². The molecule has 0 radical (unpaired) electrons. The van der Waals surface area contributed by atoms with Crippen LogP contribution in [0.15, 0.2) is 82.8 Å². The number of nitriles is 1. The lowest BCUT2D eigenvalue weighted by molar-refractivity contribution is -0.112. The molecular weight excluding hydrogens is 651 g/mol. The normalized spacial score (nSPS) is 11.0. The largest absolute Gasteiger partial charge is 0.490 e. The molecule has 0 aromatic heterocycles. The summed E-state index contributed by atoms with van der Waals surface area (Å²) >= 11 is 15.7. The third-order valence-electron chi connectivity index (χ3n) is 6.48. The Bertz CT molecular complexity index is 1700. The summed E-state index contributed by atoms with van der Waals surface area (Å²) in [6, 6.07) is 23.7. The quantitative estimate of drug-likeness (QED) is 0.126. The van der Waals surface area contributed by atoms with Gasteiger partial charge in [0.1, 0.15) is 30.6 Å². The van der Waals surface area contributed by atoms with Crippen molar-refractivity contribution in [3.05, 3.63) is 121 Å². The van der Waals surface area contributed by atoms with Gasteiger partial charge >= 0.3 is 0 Å². The van der Waals surface area contributed by atoms with Gasteiger partial charge in [-0.25, -0.2) is 0 Å². The highest BCUT2D eigenvalue weighted by Crippen LogP contribution is 2.38. The Hall–Kier alpha value is -3.96. The second kappa shape index (κ2) is 15.0. The third kappa shape index (κ3) is 8.77. The number of ether oxygens (including phenoxy) is 3. The van der Waals surface area contributed by atoms with Crippen molar-refractivity contribution in [1.29, 1.82) is 5.26 Å². The third-order valence-corrected chi connectivity index (χ3v) is 7.66. The van der Waals surface area contributed by atoms with Gasteiger partial charge in [0.25, 0.3) is 5.91 Å². The van der Waals surface area contributed by atoms with E-state index in [9.17, 15) is 10.1 Å². The molecular formula is C34H29BrCl2N2O4. The minimum absolute atomic E-state index is 0.0733. The van der Waals surface area contributed by atoms with Crippen LogP contribution in [0.5, 0.6) is 17.2 Å². The van der Waals surface area contributed by atoms with Crippen molar-refractivity contribution < 1.29 is 19.0 Å². The second-order valence-corrected chi connectivity index (χ2v) is 11.3. The van der Waals surface area contributed by atoms with Crippen LogP contribution in [0.2, 0.25) is 10.0 Å². The average Bonchev–Trinajstić information content (AvgIpc) is 2.97. The SMILES string of the molecule is CCOc1cc(/C=C(\C#N)C(=O)Nc2ccc(OCc3ccc(Cl)cc3Cl)cc2)cc(Br)c1OCc1ccc(C)c(C)c1. The molecule has 0 unspecified atom stereocenters. The summed E-state index contributed by atoms with van der Waals surface area (Å²) in [5.41, 5.74) is 5.28. The number of aryl methyl sites for hydroxylation is 2. The van der Waals surface area contributed by atoms with E-state index in [0.29, 0.717) is 56.2 Å². The van der Waals surface area contributed by atoms with Gasteiger partial charge in [0.2, 0.25) is 0 Å². The number of hydrogen-bond acceptors (Lipinski definition) is 5. The molecule has 43 heavy (non-hydrogen) atoms. The molecule has 0 aliphatic carbocycles. The summed E-state index contributed by atoms with van der Waals surface area (Å²) in [6.07, 6.45) is 1.50. The highest BCUT2D eigenvalue weighted by molar-refractivity contribution is 9.10. The molecule has 4 rings (SSSR count). The van der Waals surface area contributed by atoms with Gasteiger partial charge in [0.15, 0.2) is 11.5 Å². The van der Waals surface area contributed by atoms with Crippen molar-refractivity contribution in [2.24, 2.45) is 0 Å². The van der Waals surface area contributed by atoms with Crippen LogP contribution in [0.1, 0.15) is 34.7 Å². The van der Waals surface area contributed by atoms with Crippen LogP contribution in [0, 0.1) is 25.2 Å². The highest BCUT2D eigenvalue weighted by Gasteiger charge is 2.15. The maximum atomic E-state index is 13.0. The fraction of sp³-hybridized carbons (Fsp3) is 0.176. The number of carbonyl (C=O) groups excluding carboxylic acids is 1. The molecule has 0 saturated heterocycles. The standard InChI is InChI=1S/C34H29BrCl2N2O4/c1-4-41-32-16-24(15-30(35)33(32)43-19-23-6-5-21(2)22(3)13-23)14-26(18-38)34(40)39-28-9-11-29(12-10-28)42-20-25-7-8-27(36)17-31(25)37/h5-17H,4,19-20H2,1-3H3,(H,39,40)/b26-14+. The molecule has 4 aromatic rings. The van der Waals surface area contributed by atoms with E-state index in [1.807, 2.05) is 19.1 Å². The number of anilines is 1. The van der Waals surface area contributed by atoms with Gasteiger partial charge < -0.3 is 19.5 Å². The van der Waals surface area contributed by atoms with Crippen LogP contribution < -0.4 is 19.5 Å². The molecule has 0 fully saturated rings. The Balaban J connectivity index is 1.44. The maximum absolute atomic E-state index is 13.0. The van der Waals surface area contributed by atoms with Crippen molar-refractivity contribution in [3.8, 4) is 23.3 Å². The predicted molar refractivity (Wildman–Crippen MR) is 175 cm³/mol. The van der Waals surface area contributed by atoms with Gasteiger partial charge in [0.05, 0.1) is 11.1 Å². The first kappa shape index (κ1) is 32.0. The number of nitrogens with zero attached hydrogens (tertiary/aromatic N) is 1. The summed E-state index contributed by atoms with van der Waals surface area (Å²) in [5.74, 6) is 1.09. The lowest BCUT2D eigenvalue weighted by atomic mass is 10.1. The Morgan fingerprint density at radius 2 is 1.70 bits per heavy atom. The number of rotatable bonds is 11. The molecule has 1 N–H and O–H groups in total. The molecule has 0 spiro atoms. The highest BCUT2D eigenvalue weighted by atomic mass is 79.9. The number of benzene rings is 4.